The van der Waals surface area contributed by atoms with E-state index >= 15 is 0 Å². The van der Waals surface area contributed by atoms with Crippen LogP contribution >= 0.6 is 12.4 Å². The topological polar surface area (TPSA) is 62.1 Å². The van der Waals surface area contributed by atoms with Gasteiger partial charge in [-0.15, -0.1) is 12.4 Å². The summed E-state index contributed by atoms with van der Waals surface area (Å²) in [6.45, 7) is 3.29. The van der Waals surface area contributed by atoms with Crippen molar-refractivity contribution < 1.29 is 4.79 Å². The molecule has 4 nitrogen and oxygen atoms in total. The van der Waals surface area contributed by atoms with E-state index in [1.807, 2.05) is 12.1 Å². The van der Waals surface area contributed by atoms with Gasteiger partial charge in [-0.25, -0.2) is 0 Å². The van der Waals surface area contributed by atoms with Crippen molar-refractivity contribution in [1.29, 1.82) is 0 Å². The van der Waals surface area contributed by atoms with E-state index in [-0.39, 0.29) is 18.2 Å². The van der Waals surface area contributed by atoms with Crippen molar-refractivity contribution in [3.8, 4) is 0 Å². The first-order chi connectivity index (χ1) is 7.79. The molecule has 0 aliphatic carbocycles. The van der Waals surface area contributed by atoms with Crippen LogP contribution in [-0.4, -0.2) is 41.8 Å². The monoisotopic (exact) mass is 257 g/mol. The third-order valence-electron chi connectivity index (χ3n) is 3.31. The van der Waals surface area contributed by atoms with Gasteiger partial charge in [0.1, 0.15) is 0 Å². The highest BCUT2D eigenvalue weighted by Gasteiger charge is 2.20. The minimum atomic E-state index is 0. The predicted octanol–water partition coefficient (Wildman–Crippen LogP) is 1.29. The van der Waals surface area contributed by atoms with Gasteiger partial charge in [0.25, 0.3) is 0 Å². The Labute approximate surface area is 108 Å². The highest BCUT2D eigenvalue weighted by molar-refractivity contribution is 5.95. The number of hydrogen-bond donors (Lipinski definition) is 2. The second kappa shape index (κ2) is 6.79. The lowest BCUT2D eigenvalue weighted by Gasteiger charge is -2.30. The Bertz CT molecular complexity index is 332. The number of halogens is 1. The Kier molecular flexibility index (Phi) is 5.68. The first kappa shape index (κ1) is 14.2. The number of carbonyl (C=O) groups is 1. The van der Waals surface area contributed by atoms with E-state index in [4.69, 9.17) is 5.73 Å². The van der Waals surface area contributed by atoms with Crippen molar-refractivity contribution in [2.45, 2.75) is 12.8 Å². The predicted molar refractivity (Wildman–Crippen MR) is 70.6 cm³/mol. The molecule has 2 heterocycles. The third-order valence-corrected chi connectivity index (χ3v) is 3.31. The average Bonchev–Trinajstić information content (AvgIpc) is 2.83. The fraction of sp³-hybridized carbons (Fsp3) is 0.583. The first-order valence-electron chi connectivity index (χ1n) is 5.88. The quantitative estimate of drug-likeness (QED) is 0.799. The third kappa shape index (κ3) is 3.84. The van der Waals surface area contributed by atoms with Crippen LogP contribution in [-0.2, 0) is 0 Å². The summed E-state index contributed by atoms with van der Waals surface area (Å²) in [6, 6.07) is 3.68. The van der Waals surface area contributed by atoms with Crippen LogP contribution in [0.1, 0.15) is 23.3 Å². The molecule has 0 amide bonds. The van der Waals surface area contributed by atoms with Gasteiger partial charge in [-0.05, 0) is 50.5 Å². The summed E-state index contributed by atoms with van der Waals surface area (Å²) in [5, 5.41) is 0. The van der Waals surface area contributed by atoms with E-state index in [2.05, 4.69) is 9.88 Å². The lowest BCUT2D eigenvalue weighted by molar-refractivity contribution is 0.0893. The second-order valence-electron chi connectivity index (χ2n) is 4.46. The molecule has 0 bridgehead atoms. The van der Waals surface area contributed by atoms with Crippen molar-refractivity contribution in [3.05, 3.63) is 24.0 Å². The molecule has 2 rings (SSSR count). The first-order valence-corrected chi connectivity index (χ1v) is 5.88. The van der Waals surface area contributed by atoms with Gasteiger partial charge >= 0.3 is 0 Å². The van der Waals surface area contributed by atoms with Crippen LogP contribution in [0.2, 0.25) is 0 Å². The van der Waals surface area contributed by atoms with E-state index in [0.717, 1.165) is 32.5 Å². The molecular formula is C12H20ClN3O. The number of piperidine rings is 1. The number of H-pyrrole nitrogens is 1. The number of Topliss-reactive ketones (excluding diaryl/α,β-unsaturated/α-hetero) is 1. The number of rotatable bonds is 4. The number of nitrogens with zero attached hydrogens (tertiary/aromatic N) is 1. The highest BCUT2D eigenvalue weighted by atomic mass is 35.5. The largest absolute Gasteiger partial charge is 0.359 e. The maximum atomic E-state index is 11.8. The molecule has 1 aromatic heterocycles. The molecule has 0 saturated carbocycles. The minimum Gasteiger partial charge on any atom is -0.359 e. The summed E-state index contributed by atoms with van der Waals surface area (Å²) in [4.78, 5) is 17.0. The van der Waals surface area contributed by atoms with Gasteiger partial charge in [-0.2, -0.15) is 0 Å². The summed E-state index contributed by atoms with van der Waals surface area (Å²) in [5.74, 6) is 0.827. The Balaban J connectivity index is 0.00000144. The Morgan fingerprint density at radius 1 is 1.47 bits per heavy atom. The molecule has 1 fully saturated rings. The number of aromatic amines is 1. The molecule has 1 aromatic rings. The van der Waals surface area contributed by atoms with Crippen molar-refractivity contribution >= 4 is 18.2 Å². The molecule has 1 aliphatic heterocycles. The van der Waals surface area contributed by atoms with E-state index in [1.54, 1.807) is 6.20 Å². The van der Waals surface area contributed by atoms with Gasteiger partial charge in [-0.3, -0.25) is 9.69 Å². The standard InChI is InChI=1S/C12H19N3O.ClH/c13-8-10-3-6-15(7-4-10)9-12(16)11-2-1-5-14-11;/h1-2,5,10,14H,3-4,6-9,13H2;1H. The van der Waals surface area contributed by atoms with Gasteiger partial charge < -0.3 is 10.7 Å². The maximum Gasteiger partial charge on any atom is 0.192 e. The summed E-state index contributed by atoms with van der Waals surface area (Å²) in [6.07, 6.45) is 4.02. The zero-order chi connectivity index (χ0) is 11.4. The lowest BCUT2D eigenvalue weighted by Crippen LogP contribution is -2.39. The van der Waals surface area contributed by atoms with Crippen LogP contribution in [0.3, 0.4) is 0 Å². The van der Waals surface area contributed by atoms with E-state index < -0.39 is 0 Å². The molecule has 0 aromatic carbocycles. The van der Waals surface area contributed by atoms with Gasteiger partial charge in [0, 0.05) is 6.20 Å². The zero-order valence-electron chi connectivity index (χ0n) is 9.89. The number of nitrogens with one attached hydrogen (secondary N) is 1. The fourth-order valence-electron chi connectivity index (χ4n) is 2.17. The van der Waals surface area contributed by atoms with Gasteiger partial charge in [0.05, 0.1) is 12.2 Å². The molecule has 0 atom stereocenters. The van der Waals surface area contributed by atoms with Crippen LogP contribution in [0.15, 0.2) is 18.3 Å². The molecule has 1 aliphatic rings. The molecule has 0 radical (unpaired) electrons. The normalized spacial score (nSPS) is 17.7. The van der Waals surface area contributed by atoms with Crippen LogP contribution in [0.4, 0.5) is 0 Å². The average molecular weight is 258 g/mol. The lowest BCUT2D eigenvalue weighted by atomic mass is 9.97. The van der Waals surface area contributed by atoms with E-state index in [9.17, 15) is 4.79 Å². The zero-order valence-corrected chi connectivity index (χ0v) is 10.7. The van der Waals surface area contributed by atoms with Crippen molar-refractivity contribution in [1.82, 2.24) is 9.88 Å². The SMILES string of the molecule is Cl.NCC1CCN(CC(=O)c2ccc[nH]2)CC1. The fourth-order valence-corrected chi connectivity index (χ4v) is 2.17. The van der Waals surface area contributed by atoms with Crippen LogP contribution < -0.4 is 5.73 Å². The Hall–Kier alpha value is -0.840. The van der Waals surface area contributed by atoms with E-state index in [0.29, 0.717) is 18.2 Å². The number of nitrogens with two attached hydrogens (primary N) is 1. The number of likely N-dealkylation sites (tertiary alicyclic amines) is 1. The Morgan fingerprint density at radius 3 is 2.71 bits per heavy atom. The molecule has 1 saturated heterocycles. The molecule has 17 heavy (non-hydrogen) atoms. The molecule has 96 valence electrons. The summed E-state index contributed by atoms with van der Waals surface area (Å²) in [7, 11) is 0. The van der Waals surface area contributed by atoms with Gasteiger partial charge in [0.2, 0.25) is 0 Å². The van der Waals surface area contributed by atoms with Gasteiger partial charge in [0.15, 0.2) is 5.78 Å². The summed E-state index contributed by atoms with van der Waals surface area (Å²) in [5.41, 5.74) is 6.35. The molecule has 0 spiro atoms. The number of ketones is 1. The molecule has 3 N–H and O–H groups in total. The highest BCUT2D eigenvalue weighted by Crippen LogP contribution is 2.15. The number of aromatic nitrogens is 1. The van der Waals surface area contributed by atoms with Crippen molar-refractivity contribution in [3.63, 3.8) is 0 Å². The van der Waals surface area contributed by atoms with Crippen molar-refractivity contribution in [2.24, 2.45) is 11.7 Å². The summed E-state index contributed by atoms with van der Waals surface area (Å²) >= 11 is 0. The van der Waals surface area contributed by atoms with Crippen LogP contribution in [0.25, 0.3) is 0 Å². The second-order valence-corrected chi connectivity index (χ2v) is 4.46. The van der Waals surface area contributed by atoms with Gasteiger partial charge in [-0.1, -0.05) is 0 Å². The molecular weight excluding hydrogens is 238 g/mol. The summed E-state index contributed by atoms with van der Waals surface area (Å²) < 4.78 is 0. The van der Waals surface area contributed by atoms with Crippen LogP contribution in [0.5, 0.6) is 0 Å². The minimum absolute atomic E-state index is 0. The van der Waals surface area contributed by atoms with E-state index in [1.165, 1.54) is 0 Å². The smallest absolute Gasteiger partial charge is 0.192 e. The Morgan fingerprint density at radius 2 is 2.18 bits per heavy atom. The number of hydrogen-bond acceptors (Lipinski definition) is 3. The molecule has 0 unspecified atom stereocenters. The maximum absolute atomic E-state index is 11.8. The molecule has 5 heteroatoms. The number of carbonyl (C=O) groups excluding carboxylic acids is 1. The van der Waals surface area contributed by atoms with Crippen molar-refractivity contribution in [2.75, 3.05) is 26.2 Å². The van der Waals surface area contributed by atoms with Crippen LogP contribution in [0, 0.1) is 5.92 Å².